The van der Waals surface area contributed by atoms with Crippen LogP contribution in [-0.4, -0.2) is 137 Å². The Labute approximate surface area is 203 Å². The summed E-state index contributed by atoms with van der Waals surface area (Å²) < 4.78 is 0. The largest absolute Gasteiger partial charge is 2.00 e. The van der Waals surface area contributed by atoms with Crippen LogP contribution in [0.1, 0.15) is 12.8 Å². The molecule has 0 radical (unpaired) electrons. The van der Waals surface area contributed by atoms with Gasteiger partial charge in [-0.2, -0.15) is 0 Å². The third-order valence-corrected chi connectivity index (χ3v) is 1.62. The van der Waals surface area contributed by atoms with Crippen molar-refractivity contribution in [1.82, 2.24) is 0 Å². The summed E-state index contributed by atoms with van der Waals surface area (Å²) in [5.74, 6) is -8.79. The minimum atomic E-state index is -2.97. The van der Waals surface area contributed by atoms with E-state index in [1.807, 2.05) is 0 Å². The van der Waals surface area contributed by atoms with Crippen molar-refractivity contribution >= 4 is 121 Å². The van der Waals surface area contributed by atoms with E-state index in [0.29, 0.717) is 12.2 Å². The number of carbonyl (C=O) groups excluding carboxylic acids is 4. The van der Waals surface area contributed by atoms with Gasteiger partial charge in [0.15, 0.2) is 0 Å². The van der Waals surface area contributed by atoms with E-state index in [9.17, 15) is 44.4 Å². The van der Waals surface area contributed by atoms with Gasteiger partial charge in [0.2, 0.25) is 0 Å². The molecule has 2 N–H and O–H groups in total. The first-order valence-electron chi connectivity index (χ1n) is 4.86. The Kier molecular flexibility index (Phi) is 20.8. The molecule has 0 aliphatic heterocycles. The number of carboxylic acids is 5. The van der Waals surface area contributed by atoms with Crippen LogP contribution in [0.5, 0.6) is 0 Å². The Morgan fingerprint density at radius 2 is 1.17 bits per heavy atom. The zero-order chi connectivity index (χ0) is 17.2. The van der Waals surface area contributed by atoms with Crippen LogP contribution in [0.15, 0.2) is 12.2 Å². The molecule has 0 aromatic carbocycles. The van der Waals surface area contributed by atoms with Crippen LogP contribution in [0.2, 0.25) is 0 Å². The zero-order valence-corrected chi connectivity index (χ0v) is 18.5. The van der Waals surface area contributed by atoms with Gasteiger partial charge in [-0.25, -0.2) is 4.79 Å². The number of aliphatic carboxylic acids is 5. The van der Waals surface area contributed by atoms with E-state index >= 15 is 0 Å². The van der Waals surface area contributed by atoms with Crippen molar-refractivity contribution in [2.45, 2.75) is 18.4 Å². The van der Waals surface area contributed by atoms with Crippen molar-refractivity contribution in [3.05, 3.63) is 12.2 Å². The maximum Gasteiger partial charge on any atom is 2.00 e. The van der Waals surface area contributed by atoms with Crippen molar-refractivity contribution in [2.75, 3.05) is 0 Å². The smallest absolute Gasteiger partial charge is 0.550 e. The van der Waals surface area contributed by atoms with Crippen LogP contribution in [0.3, 0.4) is 0 Å². The first kappa shape index (κ1) is 30.8. The van der Waals surface area contributed by atoms with E-state index in [-0.39, 0.29) is 91.0 Å². The molecule has 0 aliphatic rings. The normalized spacial score (nSPS) is 9.43. The fourth-order valence-electron chi connectivity index (χ4n) is 0.824. The summed E-state index contributed by atoms with van der Waals surface area (Å²) in [5, 5.41) is 56.2. The van der Waals surface area contributed by atoms with Crippen molar-refractivity contribution in [3.8, 4) is 0 Å². The summed E-state index contributed by atoms with van der Waals surface area (Å²) in [6.07, 6.45) is -1.77. The first-order valence-corrected chi connectivity index (χ1v) is 4.86. The molecule has 11 nitrogen and oxygen atoms in total. The number of aliphatic hydroxyl groups is 1. The van der Waals surface area contributed by atoms with Gasteiger partial charge in [0.1, 0.15) is 5.60 Å². The summed E-state index contributed by atoms with van der Waals surface area (Å²) >= 11 is 0. The molecule has 0 bridgehead atoms. The summed E-state index contributed by atoms with van der Waals surface area (Å²) in [4.78, 5) is 49.0. The molecule has 0 fully saturated rings. The average Bonchev–Trinajstić information content (AvgIpc) is 2.24. The van der Waals surface area contributed by atoms with E-state index in [4.69, 9.17) is 10.2 Å². The Morgan fingerprint density at radius 1 is 0.826 bits per heavy atom. The molecule has 0 amide bonds. The van der Waals surface area contributed by atoms with Crippen molar-refractivity contribution in [3.63, 3.8) is 0 Å². The molecule has 0 saturated carbocycles. The van der Waals surface area contributed by atoms with Gasteiger partial charge in [0, 0.05) is 30.9 Å². The number of carbonyl (C=O) groups is 5. The summed E-state index contributed by atoms with van der Waals surface area (Å²) in [6, 6.07) is 0. The van der Waals surface area contributed by atoms with Gasteiger partial charge >= 0.3 is 96.9 Å². The van der Waals surface area contributed by atoms with Crippen LogP contribution in [-0.2, 0) is 24.0 Å². The van der Waals surface area contributed by atoms with E-state index in [0.717, 1.165) is 0 Å². The third kappa shape index (κ3) is 20.0. The number of rotatable bonds is 7. The van der Waals surface area contributed by atoms with Gasteiger partial charge < -0.3 is 49.8 Å². The molecule has 0 rings (SSSR count). The average molecular weight is 479 g/mol. The van der Waals surface area contributed by atoms with Crippen molar-refractivity contribution in [2.24, 2.45) is 0 Å². The van der Waals surface area contributed by atoms with E-state index < -0.39 is 48.3 Å². The molecule has 0 aromatic heterocycles. The second kappa shape index (κ2) is 15.5. The van der Waals surface area contributed by atoms with E-state index in [2.05, 4.69) is 0 Å². The molecule has 13 heteroatoms. The van der Waals surface area contributed by atoms with Crippen LogP contribution in [0.25, 0.3) is 0 Å². The maximum absolute atomic E-state index is 10.1. The predicted octanol–water partition coefficient (Wildman–Crippen LogP) is -7.64. The van der Waals surface area contributed by atoms with Crippen LogP contribution in [0.4, 0.5) is 0 Å². The molecule has 0 saturated heterocycles. The van der Waals surface area contributed by atoms with Gasteiger partial charge in [0.25, 0.3) is 0 Å². The topological polar surface area (TPSA) is 218 Å². The van der Waals surface area contributed by atoms with Crippen molar-refractivity contribution in [1.29, 1.82) is 0 Å². The molecule has 0 unspecified atom stereocenters. The van der Waals surface area contributed by atoms with Gasteiger partial charge in [-0.3, -0.25) is 0 Å². The monoisotopic (exact) mass is 480 g/mol. The van der Waals surface area contributed by atoms with E-state index in [1.54, 1.807) is 0 Å². The molecular weight excluding hydrogens is 471 g/mol. The molecule has 118 valence electrons. The Hall–Kier alpha value is 0.0110. The Morgan fingerprint density at radius 3 is 1.30 bits per heavy atom. The number of hydrogen-bond donors (Lipinski definition) is 2. The zero-order valence-electron chi connectivity index (χ0n) is 11.6. The Balaban J connectivity index is -0.000000158. The molecule has 0 aliphatic carbocycles. The SMILES string of the molecule is O=C([O-])/C=C\C(=O)O.O=C([O-])CC(O)(CC(=O)[O-])C(=O)[O-].[Sr+2].[Sr+2]. The van der Waals surface area contributed by atoms with Crippen molar-refractivity contribution < 1.29 is 54.6 Å². The minimum absolute atomic E-state index is 0. The maximum atomic E-state index is 10.1. The van der Waals surface area contributed by atoms with Gasteiger partial charge in [-0.15, -0.1) is 0 Å². The van der Waals surface area contributed by atoms with Gasteiger partial charge in [-0.05, 0) is 6.08 Å². The second-order valence-electron chi connectivity index (χ2n) is 3.41. The fourth-order valence-corrected chi connectivity index (χ4v) is 0.824. The number of hydrogen-bond acceptors (Lipinski definition) is 10. The molecule has 0 heterocycles. The van der Waals surface area contributed by atoms with Crippen LogP contribution >= 0.6 is 0 Å². The predicted molar refractivity (Wildman–Crippen MR) is 62.5 cm³/mol. The van der Waals surface area contributed by atoms with E-state index in [1.165, 1.54) is 0 Å². The summed E-state index contributed by atoms with van der Waals surface area (Å²) in [6.45, 7) is 0. The summed E-state index contributed by atoms with van der Waals surface area (Å²) in [7, 11) is 0. The summed E-state index contributed by atoms with van der Waals surface area (Å²) in [5.41, 5.74) is -2.97. The number of carboxylic acid groups (broad SMARTS) is 5. The fraction of sp³-hybridized carbons (Fsp3) is 0.300. The standard InChI is InChI=1S/C6H8O7.C4H4O4.2Sr/c7-3(8)1-6(13,5(11)12)2-4(9)10;5-3(6)1-2-4(7)8;;/h13H,1-2H2,(H,7,8)(H,9,10)(H,11,12);1-2H,(H,5,6)(H,7,8);;/q;;2*+2/p-4/b;2-1-;;. The third-order valence-electron chi connectivity index (χ3n) is 1.62. The van der Waals surface area contributed by atoms with Crippen LogP contribution in [0, 0.1) is 0 Å². The Bertz CT molecular complexity index is 439. The molecule has 0 spiro atoms. The van der Waals surface area contributed by atoms with Gasteiger partial charge in [-0.1, -0.05) is 0 Å². The quantitative estimate of drug-likeness (QED) is 0.258. The van der Waals surface area contributed by atoms with Gasteiger partial charge in [0.05, 0.1) is 11.9 Å². The second-order valence-corrected chi connectivity index (χ2v) is 3.41. The van der Waals surface area contributed by atoms with Crippen LogP contribution < -0.4 is 20.4 Å². The first-order chi connectivity index (χ1) is 9.40. The minimum Gasteiger partial charge on any atom is -0.550 e. The molecule has 23 heavy (non-hydrogen) atoms. The molecular formula is C10H8O11Sr2. The molecule has 0 atom stereocenters. The molecule has 0 aromatic rings.